The van der Waals surface area contributed by atoms with E-state index in [9.17, 15) is 13.2 Å². The Morgan fingerprint density at radius 1 is 1.06 bits per heavy atom. The molecule has 0 atom stereocenters. The summed E-state index contributed by atoms with van der Waals surface area (Å²) in [5.74, 6) is 1.08. The minimum Gasteiger partial charge on any atom is -0.492 e. The predicted molar refractivity (Wildman–Crippen MR) is 138 cm³/mol. The number of para-hydroxylation sites is 2. The number of ether oxygens (including phenoxy) is 1. The molecule has 0 aliphatic carbocycles. The summed E-state index contributed by atoms with van der Waals surface area (Å²) in [6.45, 7) is 4.42. The van der Waals surface area contributed by atoms with Gasteiger partial charge in [-0.2, -0.15) is 9.61 Å². The summed E-state index contributed by atoms with van der Waals surface area (Å²) >= 11 is 1.27. The van der Waals surface area contributed by atoms with Gasteiger partial charge in [0.15, 0.2) is 11.5 Å². The van der Waals surface area contributed by atoms with Crippen LogP contribution >= 0.6 is 11.8 Å². The largest absolute Gasteiger partial charge is 0.492 e. The third-order valence-corrected chi connectivity index (χ3v) is 7.48. The van der Waals surface area contributed by atoms with Crippen molar-refractivity contribution in [1.29, 1.82) is 0 Å². The summed E-state index contributed by atoms with van der Waals surface area (Å²) in [4.78, 5) is 12.7. The highest BCUT2D eigenvalue weighted by molar-refractivity contribution is 7.99. The first-order valence-corrected chi connectivity index (χ1v) is 13.7. The van der Waals surface area contributed by atoms with Crippen LogP contribution in [-0.2, 0) is 21.2 Å². The molecule has 2 aromatic heterocycles. The molecule has 0 radical (unpaired) electrons. The molecule has 10 nitrogen and oxygen atoms in total. The van der Waals surface area contributed by atoms with Crippen LogP contribution in [0.3, 0.4) is 0 Å². The van der Waals surface area contributed by atoms with E-state index in [4.69, 9.17) is 4.74 Å². The van der Waals surface area contributed by atoms with Gasteiger partial charge in [0.1, 0.15) is 10.8 Å². The van der Waals surface area contributed by atoms with Gasteiger partial charge in [-0.25, -0.2) is 13.1 Å². The molecule has 0 aliphatic heterocycles. The second-order valence-electron chi connectivity index (χ2n) is 7.78. The number of hydrogen-bond acceptors (Lipinski definition) is 8. The number of anilines is 1. The normalized spacial score (nSPS) is 11.5. The number of carbonyl (C=O) groups is 1. The molecule has 0 fully saturated rings. The van der Waals surface area contributed by atoms with Gasteiger partial charge in [-0.1, -0.05) is 41.6 Å². The van der Waals surface area contributed by atoms with Gasteiger partial charge in [-0.3, -0.25) is 4.79 Å². The lowest BCUT2D eigenvalue weighted by atomic mass is 10.2. The summed E-state index contributed by atoms with van der Waals surface area (Å²) in [6.07, 6.45) is 0.294. The Labute approximate surface area is 213 Å². The lowest BCUT2D eigenvalue weighted by Gasteiger charge is -2.11. The number of aryl methyl sites for hydroxylation is 1. The fourth-order valence-corrected chi connectivity index (χ4v) is 5.01. The number of nitrogens with one attached hydrogen (secondary N) is 2. The lowest BCUT2D eigenvalue weighted by Crippen LogP contribution is -2.26. The number of nitrogens with zero attached hydrogens (tertiary/aromatic N) is 4. The van der Waals surface area contributed by atoms with Crippen LogP contribution in [0.5, 0.6) is 5.75 Å². The predicted octanol–water partition coefficient (Wildman–Crippen LogP) is 3.08. The molecule has 0 saturated carbocycles. The molecule has 1 amide bonds. The van der Waals surface area contributed by atoms with E-state index in [1.165, 1.54) is 11.8 Å². The summed E-state index contributed by atoms with van der Waals surface area (Å²) in [7, 11) is -3.63. The van der Waals surface area contributed by atoms with E-state index < -0.39 is 10.0 Å². The highest BCUT2D eigenvalue weighted by Crippen LogP contribution is 2.24. The maximum Gasteiger partial charge on any atom is 0.240 e. The molecule has 4 rings (SSSR count). The summed E-state index contributed by atoms with van der Waals surface area (Å²) in [6, 6.07) is 17.4. The molecule has 0 spiro atoms. The lowest BCUT2D eigenvalue weighted by molar-refractivity contribution is -0.113. The average molecular weight is 527 g/mol. The third kappa shape index (κ3) is 6.39. The number of sulfonamides is 1. The van der Waals surface area contributed by atoms with Gasteiger partial charge in [0.25, 0.3) is 0 Å². The number of benzene rings is 2. The minimum absolute atomic E-state index is 0.137. The van der Waals surface area contributed by atoms with Crippen molar-refractivity contribution < 1.29 is 17.9 Å². The van der Waals surface area contributed by atoms with Crippen LogP contribution in [0.25, 0.3) is 5.65 Å². The molecule has 0 bridgehead atoms. The highest BCUT2D eigenvalue weighted by Gasteiger charge is 2.15. The van der Waals surface area contributed by atoms with Gasteiger partial charge in [-0.05, 0) is 50.2 Å². The van der Waals surface area contributed by atoms with Crippen molar-refractivity contribution in [3.63, 3.8) is 0 Å². The number of aromatic nitrogens is 4. The van der Waals surface area contributed by atoms with Gasteiger partial charge in [-0.15, -0.1) is 10.2 Å². The van der Waals surface area contributed by atoms with Crippen LogP contribution < -0.4 is 14.8 Å². The van der Waals surface area contributed by atoms with Crippen LogP contribution in [0.15, 0.2) is 70.6 Å². The second kappa shape index (κ2) is 11.5. The Morgan fingerprint density at radius 2 is 1.83 bits per heavy atom. The Kier molecular flexibility index (Phi) is 8.18. The number of thioether (sulfide) groups is 1. The number of rotatable bonds is 11. The maximum atomic E-state index is 12.5. The van der Waals surface area contributed by atoms with E-state index in [-0.39, 0.29) is 23.1 Å². The first kappa shape index (κ1) is 25.6. The molecule has 0 aliphatic rings. The van der Waals surface area contributed by atoms with Crippen molar-refractivity contribution >= 4 is 39.0 Å². The Balaban J connectivity index is 1.36. The van der Waals surface area contributed by atoms with E-state index in [1.54, 1.807) is 53.0 Å². The van der Waals surface area contributed by atoms with Crippen molar-refractivity contribution in [2.75, 3.05) is 24.2 Å². The number of amides is 1. The molecule has 2 aromatic carbocycles. The molecular weight excluding hydrogens is 500 g/mol. The average Bonchev–Trinajstić information content (AvgIpc) is 3.26. The number of hydrogen-bond donors (Lipinski definition) is 2. The van der Waals surface area contributed by atoms with E-state index in [2.05, 4.69) is 25.3 Å². The van der Waals surface area contributed by atoms with Crippen LogP contribution in [0.1, 0.15) is 18.3 Å². The molecule has 0 saturated heterocycles. The van der Waals surface area contributed by atoms with Crippen molar-refractivity contribution in [2.45, 2.75) is 30.2 Å². The van der Waals surface area contributed by atoms with Gasteiger partial charge >= 0.3 is 0 Å². The minimum atomic E-state index is -3.63. The highest BCUT2D eigenvalue weighted by atomic mass is 32.2. The fraction of sp³-hybridized carbons (Fsp3) is 0.250. The van der Waals surface area contributed by atoms with Crippen molar-refractivity contribution in [2.24, 2.45) is 0 Å². The van der Waals surface area contributed by atoms with Gasteiger partial charge in [0.2, 0.25) is 15.9 Å². The zero-order valence-corrected chi connectivity index (χ0v) is 21.5. The summed E-state index contributed by atoms with van der Waals surface area (Å²) < 4.78 is 34.7. The Bertz CT molecular complexity index is 1460. The van der Waals surface area contributed by atoms with Gasteiger partial charge < -0.3 is 10.1 Å². The molecule has 2 heterocycles. The molecular formula is C24H26N6O4S2. The van der Waals surface area contributed by atoms with Gasteiger partial charge in [0.05, 0.1) is 22.9 Å². The quantitative estimate of drug-likeness (QED) is 0.286. The standard InChI is InChI=1S/C24H26N6O4S2/c1-3-34-20-7-5-4-6-19(20)26-23(31)16-35-24-13-12-21-27-28-22(30(21)29-24)14-15-25-36(32,33)18-10-8-17(2)9-11-18/h4-13,25H,3,14-16H2,1-2H3,(H,26,31). The third-order valence-electron chi connectivity index (χ3n) is 5.09. The van der Waals surface area contributed by atoms with Crippen LogP contribution in [0.2, 0.25) is 0 Å². The topological polar surface area (TPSA) is 128 Å². The molecule has 4 aromatic rings. The van der Waals surface area contributed by atoms with E-state index in [0.717, 1.165) is 5.56 Å². The van der Waals surface area contributed by atoms with Crippen LogP contribution in [0.4, 0.5) is 5.69 Å². The molecule has 0 unspecified atom stereocenters. The second-order valence-corrected chi connectivity index (χ2v) is 10.5. The number of carbonyl (C=O) groups excluding carboxylic acids is 1. The van der Waals surface area contributed by atoms with Crippen molar-refractivity contribution in [3.05, 3.63) is 72.1 Å². The molecule has 36 heavy (non-hydrogen) atoms. The van der Waals surface area contributed by atoms with Crippen molar-refractivity contribution in [3.8, 4) is 5.75 Å². The summed E-state index contributed by atoms with van der Waals surface area (Å²) in [5.41, 5.74) is 2.13. The Hall–Kier alpha value is -3.48. The van der Waals surface area contributed by atoms with E-state index >= 15 is 0 Å². The Morgan fingerprint density at radius 3 is 2.61 bits per heavy atom. The first-order chi connectivity index (χ1) is 17.4. The summed E-state index contributed by atoms with van der Waals surface area (Å²) in [5, 5.41) is 16.2. The van der Waals surface area contributed by atoms with Crippen LogP contribution in [-0.4, -0.2) is 53.0 Å². The SMILES string of the molecule is CCOc1ccccc1NC(=O)CSc1ccc2nnc(CCNS(=O)(=O)c3ccc(C)cc3)n2n1. The van der Waals surface area contributed by atoms with E-state index in [0.29, 0.717) is 41.0 Å². The fourth-order valence-electron chi connectivity index (χ4n) is 3.32. The van der Waals surface area contributed by atoms with Crippen molar-refractivity contribution in [1.82, 2.24) is 24.5 Å². The maximum absolute atomic E-state index is 12.5. The van der Waals surface area contributed by atoms with E-state index in [1.807, 2.05) is 26.0 Å². The van der Waals surface area contributed by atoms with Gasteiger partial charge in [0, 0.05) is 13.0 Å². The smallest absolute Gasteiger partial charge is 0.240 e. The monoisotopic (exact) mass is 526 g/mol. The first-order valence-electron chi connectivity index (χ1n) is 11.3. The molecule has 2 N–H and O–H groups in total. The zero-order chi connectivity index (χ0) is 25.5. The zero-order valence-electron chi connectivity index (χ0n) is 19.8. The number of fused-ring (bicyclic) bond motifs is 1. The van der Waals surface area contributed by atoms with Crippen LogP contribution in [0, 0.1) is 6.92 Å². The molecule has 188 valence electrons. The molecule has 12 heteroatoms.